The molecule has 1 N–H and O–H groups in total. The summed E-state index contributed by atoms with van der Waals surface area (Å²) in [5.41, 5.74) is 0. The molecule has 0 fully saturated rings. The third kappa shape index (κ3) is 5.23. The van der Waals surface area contributed by atoms with E-state index >= 15 is 0 Å². The van der Waals surface area contributed by atoms with E-state index in [0.29, 0.717) is 11.3 Å². The van der Waals surface area contributed by atoms with Gasteiger partial charge in [-0.1, -0.05) is 6.07 Å². The molecule has 0 aliphatic heterocycles. The largest absolute Gasteiger partial charge is 0.550 e. The molecule has 1 heterocycles. The highest BCUT2D eigenvalue weighted by atomic mass is 32.2. The first kappa shape index (κ1) is 14.1. The second-order valence-corrected chi connectivity index (χ2v) is 5.44. The Balaban J connectivity index is 2.52. The number of aliphatic carboxylic acids is 1. The molecule has 0 bridgehead atoms. The highest BCUT2D eigenvalue weighted by molar-refractivity contribution is 7.98. The van der Waals surface area contributed by atoms with Crippen LogP contribution in [0.1, 0.15) is 22.5 Å². The summed E-state index contributed by atoms with van der Waals surface area (Å²) < 4.78 is 0. The van der Waals surface area contributed by atoms with E-state index in [1.807, 2.05) is 11.6 Å². The lowest BCUT2D eigenvalue weighted by Gasteiger charge is -2.18. The third-order valence-corrected chi connectivity index (χ3v) is 3.68. The first-order chi connectivity index (χ1) is 8.13. The summed E-state index contributed by atoms with van der Waals surface area (Å²) in [4.78, 5) is 22.9. The fourth-order valence-corrected chi connectivity index (χ4v) is 2.50. The van der Waals surface area contributed by atoms with E-state index < -0.39 is 5.97 Å². The Labute approximate surface area is 108 Å². The molecule has 0 radical (unpaired) electrons. The number of amides is 1. The highest BCUT2D eigenvalue weighted by Crippen LogP contribution is 2.10. The molecular weight excluding hydrogens is 258 g/mol. The summed E-state index contributed by atoms with van der Waals surface area (Å²) in [6, 6.07) is 3.14. The summed E-state index contributed by atoms with van der Waals surface area (Å²) in [5, 5.41) is 15.1. The number of carboxylic acid groups (broad SMARTS) is 1. The normalized spacial score (nSPS) is 12.1. The van der Waals surface area contributed by atoms with Crippen molar-refractivity contribution in [2.45, 2.75) is 18.9 Å². The number of hydrogen-bond acceptors (Lipinski definition) is 5. The minimum Gasteiger partial charge on any atom is -0.550 e. The zero-order chi connectivity index (χ0) is 12.7. The fourth-order valence-electron chi connectivity index (χ4n) is 1.35. The van der Waals surface area contributed by atoms with Crippen LogP contribution in [0.5, 0.6) is 0 Å². The van der Waals surface area contributed by atoms with Crippen LogP contribution in [0, 0.1) is 0 Å². The van der Waals surface area contributed by atoms with Crippen molar-refractivity contribution < 1.29 is 14.7 Å². The Hall–Kier alpha value is -1.01. The minimum absolute atomic E-state index is 0.141. The van der Waals surface area contributed by atoms with Crippen LogP contribution in [-0.2, 0) is 4.79 Å². The van der Waals surface area contributed by atoms with Crippen molar-refractivity contribution in [3.05, 3.63) is 22.4 Å². The second-order valence-electron chi connectivity index (χ2n) is 3.51. The van der Waals surface area contributed by atoms with Crippen molar-refractivity contribution >= 4 is 35.0 Å². The molecule has 0 unspecified atom stereocenters. The number of carbonyl (C=O) groups is 2. The Morgan fingerprint density at radius 1 is 1.59 bits per heavy atom. The topological polar surface area (TPSA) is 69.2 Å². The molecule has 1 aromatic heterocycles. The molecule has 0 spiro atoms. The molecule has 94 valence electrons. The van der Waals surface area contributed by atoms with Crippen LogP contribution in [-0.4, -0.2) is 29.9 Å². The smallest absolute Gasteiger partial charge is 0.261 e. The van der Waals surface area contributed by atoms with E-state index in [1.54, 1.807) is 23.9 Å². The quantitative estimate of drug-likeness (QED) is 0.795. The number of rotatable bonds is 7. The number of hydrogen-bond donors (Lipinski definition) is 1. The van der Waals surface area contributed by atoms with Crippen LogP contribution in [0.15, 0.2) is 17.5 Å². The number of carboxylic acids is 1. The van der Waals surface area contributed by atoms with Crippen LogP contribution in [0.3, 0.4) is 0 Å². The molecule has 1 atom stereocenters. The lowest BCUT2D eigenvalue weighted by atomic mass is 10.1. The van der Waals surface area contributed by atoms with Gasteiger partial charge in [-0.2, -0.15) is 11.8 Å². The minimum atomic E-state index is -1.14. The Bertz CT molecular complexity index is 365. The molecule has 0 aliphatic rings. The van der Waals surface area contributed by atoms with Crippen molar-refractivity contribution in [3.63, 3.8) is 0 Å². The lowest BCUT2D eigenvalue weighted by Crippen LogP contribution is -2.39. The van der Waals surface area contributed by atoms with Gasteiger partial charge in [-0.05, 0) is 29.9 Å². The van der Waals surface area contributed by atoms with Gasteiger partial charge in [-0.3, -0.25) is 4.79 Å². The van der Waals surface area contributed by atoms with Crippen LogP contribution in [0.2, 0.25) is 0 Å². The van der Waals surface area contributed by atoms with Gasteiger partial charge in [0.15, 0.2) is 0 Å². The number of thiophene rings is 1. The number of thioether (sulfide) groups is 1. The van der Waals surface area contributed by atoms with Crippen LogP contribution >= 0.6 is 23.1 Å². The van der Waals surface area contributed by atoms with Gasteiger partial charge in [0.05, 0.1) is 4.88 Å². The molecule has 0 aliphatic carbocycles. The van der Waals surface area contributed by atoms with Crippen LogP contribution in [0.4, 0.5) is 0 Å². The highest BCUT2D eigenvalue weighted by Gasteiger charge is 2.14. The van der Waals surface area contributed by atoms with E-state index in [-0.39, 0.29) is 18.4 Å². The van der Waals surface area contributed by atoms with Gasteiger partial charge in [0.25, 0.3) is 5.91 Å². The van der Waals surface area contributed by atoms with Gasteiger partial charge >= 0.3 is 0 Å². The predicted octanol–water partition coefficient (Wildman–Crippen LogP) is 0.740. The van der Waals surface area contributed by atoms with Crippen LogP contribution < -0.4 is 10.4 Å². The van der Waals surface area contributed by atoms with Crippen molar-refractivity contribution in [2.75, 3.05) is 12.0 Å². The van der Waals surface area contributed by atoms with Crippen molar-refractivity contribution in [1.82, 2.24) is 5.32 Å². The predicted molar refractivity (Wildman–Crippen MR) is 68.2 cm³/mol. The molecular formula is C11H14NO3S2-. The Morgan fingerprint density at radius 2 is 2.35 bits per heavy atom. The van der Waals surface area contributed by atoms with Gasteiger partial charge in [0, 0.05) is 18.4 Å². The SMILES string of the molecule is CSCC[C@@H](CC(=O)[O-])NC(=O)c1cccs1. The average Bonchev–Trinajstić information content (AvgIpc) is 2.78. The summed E-state index contributed by atoms with van der Waals surface area (Å²) >= 11 is 2.96. The molecule has 6 heteroatoms. The fraction of sp³-hybridized carbons (Fsp3) is 0.455. The molecule has 1 amide bonds. The van der Waals surface area contributed by atoms with E-state index in [9.17, 15) is 14.7 Å². The zero-order valence-electron chi connectivity index (χ0n) is 9.47. The van der Waals surface area contributed by atoms with Crippen molar-refractivity contribution in [3.8, 4) is 0 Å². The maximum atomic E-state index is 11.7. The summed E-state index contributed by atoms with van der Waals surface area (Å²) in [6.45, 7) is 0. The summed E-state index contributed by atoms with van der Waals surface area (Å²) in [5.74, 6) is -0.544. The lowest BCUT2D eigenvalue weighted by molar-refractivity contribution is -0.306. The Morgan fingerprint density at radius 3 is 2.88 bits per heavy atom. The van der Waals surface area contributed by atoms with Gasteiger partial charge in [0.2, 0.25) is 0 Å². The van der Waals surface area contributed by atoms with Gasteiger partial charge in [-0.15, -0.1) is 11.3 Å². The monoisotopic (exact) mass is 272 g/mol. The average molecular weight is 272 g/mol. The van der Waals surface area contributed by atoms with Crippen LogP contribution in [0.25, 0.3) is 0 Å². The molecule has 1 aromatic rings. The standard InChI is InChI=1S/C11H15NO3S2/c1-16-6-4-8(7-10(13)14)12-11(15)9-3-2-5-17-9/h2-3,5,8H,4,6-7H2,1H3,(H,12,15)(H,13,14)/p-1/t8-/m0/s1. The molecule has 0 aromatic carbocycles. The third-order valence-electron chi connectivity index (χ3n) is 2.16. The van der Waals surface area contributed by atoms with E-state index in [0.717, 1.165) is 5.75 Å². The van der Waals surface area contributed by atoms with Crippen molar-refractivity contribution in [1.29, 1.82) is 0 Å². The maximum absolute atomic E-state index is 11.7. The zero-order valence-corrected chi connectivity index (χ0v) is 11.1. The van der Waals surface area contributed by atoms with Gasteiger partial charge in [-0.25, -0.2) is 0 Å². The van der Waals surface area contributed by atoms with Gasteiger partial charge < -0.3 is 15.2 Å². The molecule has 17 heavy (non-hydrogen) atoms. The van der Waals surface area contributed by atoms with E-state index in [1.165, 1.54) is 11.3 Å². The number of nitrogens with one attached hydrogen (secondary N) is 1. The van der Waals surface area contributed by atoms with E-state index in [4.69, 9.17) is 0 Å². The molecule has 1 rings (SSSR count). The van der Waals surface area contributed by atoms with Crippen molar-refractivity contribution in [2.24, 2.45) is 0 Å². The molecule has 0 saturated heterocycles. The first-order valence-electron chi connectivity index (χ1n) is 5.16. The van der Waals surface area contributed by atoms with Gasteiger partial charge in [0.1, 0.15) is 0 Å². The van der Waals surface area contributed by atoms with E-state index in [2.05, 4.69) is 5.32 Å². The second kappa shape index (κ2) is 7.34. The summed E-state index contributed by atoms with van der Waals surface area (Å²) in [7, 11) is 0. The summed E-state index contributed by atoms with van der Waals surface area (Å²) in [6.07, 6.45) is 2.43. The number of carbonyl (C=O) groups excluding carboxylic acids is 2. The Kier molecular flexibility index (Phi) is 6.07. The molecule has 0 saturated carbocycles. The molecule has 4 nitrogen and oxygen atoms in total. The maximum Gasteiger partial charge on any atom is 0.261 e. The first-order valence-corrected chi connectivity index (χ1v) is 7.44.